The van der Waals surface area contributed by atoms with Crippen LogP contribution in [0.15, 0.2) is 52.2 Å². The van der Waals surface area contributed by atoms with Gasteiger partial charge in [-0.25, -0.2) is 4.68 Å². The van der Waals surface area contributed by atoms with E-state index in [0.29, 0.717) is 23.0 Å². The monoisotopic (exact) mass is 340 g/mol. The van der Waals surface area contributed by atoms with Gasteiger partial charge in [0.2, 0.25) is 11.1 Å². The normalized spacial score (nSPS) is 10.3. The van der Waals surface area contributed by atoms with Crippen molar-refractivity contribution in [1.82, 2.24) is 20.2 Å². The Hall–Kier alpha value is -3.12. The Labute approximate surface area is 141 Å². The summed E-state index contributed by atoms with van der Waals surface area (Å²) in [4.78, 5) is 12.0. The molecule has 1 N–H and O–H groups in total. The third kappa shape index (κ3) is 3.99. The van der Waals surface area contributed by atoms with E-state index in [1.807, 2.05) is 12.1 Å². The number of thioether (sulfide) groups is 1. The number of rotatable bonds is 6. The lowest BCUT2D eigenvalue weighted by atomic mass is 10.2. The standard InChI is InChI=1S/C15H12N6O2S/c16-8-11-3-1-4-12(7-11)17-14(22)10-24-15-18-19-20-21(15)9-13-5-2-6-23-13/h1-7H,9-10H2,(H,17,22). The average molecular weight is 340 g/mol. The highest BCUT2D eigenvalue weighted by atomic mass is 32.2. The van der Waals surface area contributed by atoms with Crippen molar-refractivity contribution in [3.63, 3.8) is 0 Å². The predicted molar refractivity (Wildman–Crippen MR) is 86.1 cm³/mol. The molecule has 0 radical (unpaired) electrons. The highest BCUT2D eigenvalue weighted by Gasteiger charge is 2.11. The molecule has 0 aliphatic rings. The summed E-state index contributed by atoms with van der Waals surface area (Å²) in [6.07, 6.45) is 1.58. The molecule has 0 bridgehead atoms. The van der Waals surface area contributed by atoms with E-state index in [-0.39, 0.29) is 11.7 Å². The lowest BCUT2D eigenvalue weighted by Gasteiger charge is -2.05. The summed E-state index contributed by atoms with van der Waals surface area (Å²) in [6, 6.07) is 12.4. The van der Waals surface area contributed by atoms with Gasteiger partial charge in [-0.2, -0.15) is 5.26 Å². The molecule has 0 saturated carbocycles. The second-order valence-corrected chi connectivity index (χ2v) is 5.67. The molecule has 0 aliphatic heterocycles. The fourth-order valence-electron chi connectivity index (χ4n) is 1.94. The second-order valence-electron chi connectivity index (χ2n) is 4.73. The first kappa shape index (κ1) is 15.8. The number of carbonyl (C=O) groups excluding carboxylic acids is 1. The summed E-state index contributed by atoms with van der Waals surface area (Å²) in [5, 5.41) is 23.5. The van der Waals surface area contributed by atoms with Crippen LogP contribution in [0.1, 0.15) is 11.3 Å². The largest absolute Gasteiger partial charge is 0.467 e. The van der Waals surface area contributed by atoms with Crippen molar-refractivity contribution in [3.8, 4) is 6.07 Å². The minimum Gasteiger partial charge on any atom is -0.467 e. The lowest BCUT2D eigenvalue weighted by molar-refractivity contribution is -0.113. The van der Waals surface area contributed by atoms with E-state index in [4.69, 9.17) is 9.68 Å². The van der Waals surface area contributed by atoms with Gasteiger partial charge >= 0.3 is 0 Å². The molecule has 3 aromatic rings. The first-order valence-corrected chi connectivity index (χ1v) is 7.94. The molecule has 2 aromatic heterocycles. The van der Waals surface area contributed by atoms with Crippen LogP contribution in [0.25, 0.3) is 0 Å². The van der Waals surface area contributed by atoms with E-state index in [2.05, 4.69) is 20.8 Å². The summed E-state index contributed by atoms with van der Waals surface area (Å²) in [6.45, 7) is 0.397. The fourth-order valence-corrected chi connectivity index (χ4v) is 2.62. The Bertz CT molecular complexity index is 868. The van der Waals surface area contributed by atoms with Gasteiger partial charge in [0.15, 0.2) is 0 Å². The molecule has 0 spiro atoms. The van der Waals surface area contributed by atoms with Gasteiger partial charge in [-0.1, -0.05) is 17.8 Å². The van der Waals surface area contributed by atoms with E-state index in [9.17, 15) is 4.79 Å². The molecule has 2 heterocycles. The van der Waals surface area contributed by atoms with Crippen LogP contribution in [0.5, 0.6) is 0 Å². The zero-order chi connectivity index (χ0) is 16.8. The number of nitrogens with zero attached hydrogens (tertiary/aromatic N) is 5. The molecule has 0 unspecified atom stereocenters. The van der Waals surface area contributed by atoms with E-state index in [0.717, 1.165) is 5.76 Å². The minimum atomic E-state index is -0.206. The summed E-state index contributed by atoms with van der Waals surface area (Å²) in [7, 11) is 0. The number of nitriles is 1. The zero-order valence-corrected chi connectivity index (χ0v) is 13.2. The van der Waals surface area contributed by atoms with Crippen LogP contribution in [0, 0.1) is 11.3 Å². The van der Waals surface area contributed by atoms with Gasteiger partial charge in [0.1, 0.15) is 12.3 Å². The molecule has 8 nitrogen and oxygen atoms in total. The molecular weight excluding hydrogens is 328 g/mol. The van der Waals surface area contributed by atoms with E-state index in [1.54, 1.807) is 41.3 Å². The molecule has 24 heavy (non-hydrogen) atoms. The second kappa shape index (κ2) is 7.43. The smallest absolute Gasteiger partial charge is 0.234 e. The molecule has 0 atom stereocenters. The Kier molecular flexibility index (Phi) is 4.88. The number of anilines is 1. The molecule has 3 rings (SSSR count). The first-order valence-electron chi connectivity index (χ1n) is 6.96. The van der Waals surface area contributed by atoms with E-state index in [1.165, 1.54) is 11.8 Å². The number of hydrogen-bond acceptors (Lipinski definition) is 7. The van der Waals surface area contributed by atoms with E-state index >= 15 is 0 Å². The highest BCUT2D eigenvalue weighted by molar-refractivity contribution is 7.99. The van der Waals surface area contributed by atoms with Crippen molar-refractivity contribution in [2.75, 3.05) is 11.1 Å². The Balaban J connectivity index is 1.57. The van der Waals surface area contributed by atoms with Gasteiger partial charge in [-0.05, 0) is 40.8 Å². The summed E-state index contributed by atoms with van der Waals surface area (Å²) in [5.41, 5.74) is 1.07. The van der Waals surface area contributed by atoms with Crippen molar-refractivity contribution in [3.05, 3.63) is 54.0 Å². The van der Waals surface area contributed by atoms with Crippen molar-refractivity contribution >= 4 is 23.4 Å². The molecular formula is C15H12N6O2S. The minimum absolute atomic E-state index is 0.148. The van der Waals surface area contributed by atoms with Crippen molar-refractivity contribution in [2.45, 2.75) is 11.7 Å². The van der Waals surface area contributed by atoms with Gasteiger partial charge < -0.3 is 9.73 Å². The maximum absolute atomic E-state index is 12.0. The van der Waals surface area contributed by atoms with Crippen LogP contribution in [0.4, 0.5) is 5.69 Å². The number of benzene rings is 1. The van der Waals surface area contributed by atoms with Crippen LogP contribution in [0.3, 0.4) is 0 Å². The zero-order valence-electron chi connectivity index (χ0n) is 12.4. The van der Waals surface area contributed by atoms with E-state index < -0.39 is 0 Å². The summed E-state index contributed by atoms with van der Waals surface area (Å²) < 4.78 is 6.82. The molecule has 120 valence electrons. The van der Waals surface area contributed by atoms with Crippen LogP contribution in [-0.4, -0.2) is 31.9 Å². The third-order valence-electron chi connectivity index (χ3n) is 2.99. The average Bonchev–Trinajstić information content (AvgIpc) is 3.25. The molecule has 1 aromatic carbocycles. The van der Waals surface area contributed by atoms with Gasteiger partial charge in [0.05, 0.1) is 23.6 Å². The van der Waals surface area contributed by atoms with Gasteiger partial charge in [0.25, 0.3) is 0 Å². The number of furan rings is 1. The number of carbonyl (C=O) groups is 1. The highest BCUT2D eigenvalue weighted by Crippen LogP contribution is 2.16. The number of amides is 1. The van der Waals surface area contributed by atoms with Crippen molar-refractivity contribution < 1.29 is 9.21 Å². The van der Waals surface area contributed by atoms with Crippen LogP contribution >= 0.6 is 11.8 Å². The quantitative estimate of drug-likeness (QED) is 0.683. The van der Waals surface area contributed by atoms with Crippen LogP contribution in [-0.2, 0) is 11.3 Å². The van der Waals surface area contributed by atoms with Gasteiger partial charge in [-0.3, -0.25) is 4.79 Å². The van der Waals surface area contributed by atoms with Crippen LogP contribution < -0.4 is 5.32 Å². The van der Waals surface area contributed by atoms with Gasteiger partial charge in [-0.15, -0.1) is 5.10 Å². The maximum atomic E-state index is 12.0. The summed E-state index contributed by atoms with van der Waals surface area (Å²) >= 11 is 1.22. The Morgan fingerprint density at radius 2 is 2.29 bits per heavy atom. The van der Waals surface area contributed by atoms with Gasteiger partial charge in [0, 0.05) is 5.69 Å². The number of nitrogens with one attached hydrogen (secondary N) is 1. The molecule has 9 heteroatoms. The Morgan fingerprint density at radius 3 is 3.08 bits per heavy atom. The predicted octanol–water partition coefficient (Wildman–Crippen LogP) is 1.92. The number of aromatic nitrogens is 4. The third-order valence-corrected chi connectivity index (χ3v) is 3.95. The first-order chi connectivity index (χ1) is 11.7. The van der Waals surface area contributed by atoms with Crippen molar-refractivity contribution in [2.24, 2.45) is 0 Å². The molecule has 1 amide bonds. The molecule has 0 saturated heterocycles. The number of hydrogen-bond donors (Lipinski definition) is 1. The van der Waals surface area contributed by atoms with Crippen molar-refractivity contribution in [1.29, 1.82) is 5.26 Å². The molecule has 0 fully saturated rings. The maximum Gasteiger partial charge on any atom is 0.234 e. The number of tetrazole rings is 1. The molecule has 0 aliphatic carbocycles. The SMILES string of the molecule is N#Cc1cccc(NC(=O)CSc2nnnn2Cc2ccco2)c1. The topological polar surface area (TPSA) is 110 Å². The lowest BCUT2D eigenvalue weighted by Crippen LogP contribution is -2.15. The van der Waals surface area contributed by atoms with Crippen LogP contribution in [0.2, 0.25) is 0 Å². The summed E-state index contributed by atoms with van der Waals surface area (Å²) in [5.74, 6) is 0.666. The fraction of sp³-hybridized carbons (Fsp3) is 0.133. The Morgan fingerprint density at radius 1 is 1.38 bits per heavy atom.